The van der Waals surface area contributed by atoms with Crippen LogP contribution >= 0.6 is 0 Å². The second-order valence-electron chi connectivity index (χ2n) is 2.83. The fourth-order valence-electron chi connectivity index (χ4n) is 1.02. The van der Waals surface area contributed by atoms with Gasteiger partial charge in [-0.2, -0.15) is 43.9 Å². The normalized spacial score (nSPS) is 16.2. The summed E-state index contributed by atoms with van der Waals surface area (Å²) in [5, 5.41) is 15.0. The lowest BCUT2D eigenvalue weighted by Gasteiger charge is -2.41. The van der Waals surface area contributed by atoms with Crippen molar-refractivity contribution in [3.05, 3.63) is 0 Å². The third-order valence-corrected chi connectivity index (χ3v) is 1.75. The zero-order valence-corrected chi connectivity index (χ0v) is 7.17. The minimum atomic E-state index is -7.36. The summed E-state index contributed by atoms with van der Waals surface area (Å²) in [6.45, 7) is 0. The van der Waals surface area contributed by atoms with Gasteiger partial charge in [-0.1, -0.05) is 0 Å². The summed E-state index contributed by atoms with van der Waals surface area (Å²) in [6, 6.07) is 0. The summed E-state index contributed by atoms with van der Waals surface area (Å²) in [5.74, 6) is 0. The van der Waals surface area contributed by atoms with Crippen LogP contribution in [0.4, 0.5) is 43.9 Å². The highest BCUT2D eigenvalue weighted by Crippen LogP contribution is 2.64. The molecule has 0 amide bonds. The van der Waals surface area contributed by atoms with Crippen LogP contribution in [-0.4, -0.2) is 34.8 Å². The Morgan fingerprint density at radius 1 is 0.471 bits per heavy atom. The van der Waals surface area contributed by atoms with Crippen molar-refractivity contribution in [3.63, 3.8) is 0 Å². The van der Waals surface area contributed by atoms with Crippen molar-refractivity contribution < 1.29 is 54.1 Å². The van der Waals surface area contributed by atoms with Gasteiger partial charge < -0.3 is 10.2 Å². The summed E-state index contributed by atoms with van der Waals surface area (Å²) >= 11 is 0. The molecule has 0 atom stereocenters. The second-order valence-corrected chi connectivity index (χ2v) is 2.83. The second kappa shape index (κ2) is 3.60. The lowest BCUT2D eigenvalue weighted by atomic mass is 9.83. The van der Waals surface area contributed by atoms with Gasteiger partial charge in [-0.25, -0.2) is 0 Å². The van der Waals surface area contributed by atoms with Gasteiger partial charge in [0.05, 0.1) is 0 Å². The Balaban J connectivity index is 6.37. The molecule has 0 saturated heterocycles. The van der Waals surface area contributed by atoms with Crippen LogP contribution in [0.25, 0.3) is 0 Å². The van der Waals surface area contributed by atoms with Gasteiger partial charge in [0.2, 0.25) is 0 Å². The van der Waals surface area contributed by atoms with E-state index in [0.29, 0.717) is 0 Å². The van der Waals surface area contributed by atoms with Crippen LogP contribution in [0.15, 0.2) is 0 Å². The van der Waals surface area contributed by atoms with Gasteiger partial charge in [-0.15, -0.1) is 0 Å². The monoisotopic (exact) mass is 284 g/mol. The average Bonchev–Trinajstić information content (AvgIpc) is 1.67. The molecule has 0 aromatic carbocycles. The molecule has 0 saturated carbocycles. The van der Waals surface area contributed by atoms with E-state index in [9.17, 15) is 43.9 Å². The number of aliphatic hydroxyl groups is 2. The molecular weight excluding hydrogens is 282 g/mol. The first kappa shape index (κ1) is 16.2. The molecule has 0 heterocycles. The summed E-state index contributed by atoms with van der Waals surface area (Å²) < 4.78 is 119. The van der Waals surface area contributed by atoms with Crippen molar-refractivity contribution in [2.24, 2.45) is 5.41 Å². The van der Waals surface area contributed by atoms with E-state index < -0.39 is 30.0 Å². The fourth-order valence-corrected chi connectivity index (χ4v) is 1.02. The minimum Gasteiger partial charge on any atom is -0.335 e. The first-order valence-electron chi connectivity index (χ1n) is 3.34. The Morgan fingerprint density at radius 2 is 0.647 bits per heavy atom. The number of hydrogen-bond donors (Lipinski definition) is 2. The molecule has 0 aromatic heterocycles. The van der Waals surface area contributed by atoms with Gasteiger partial charge in [0.15, 0.2) is 0 Å². The average molecular weight is 284 g/mol. The van der Waals surface area contributed by atoms with Crippen LogP contribution in [0.3, 0.4) is 0 Å². The Kier molecular flexibility index (Phi) is 3.44. The van der Waals surface area contributed by atoms with Crippen LogP contribution in [0.2, 0.25) is 0 Å². The molecule has 104 valence electrons. The molecule has 0 aliphatic rings. The molecule has 0 aliphatic carbocycles. The predicted octanol–water partition coefficient (Wildman–Crippen LogP) is 2.27. The van der Waals surface area contributed by atoms with Gasteiger partial charge in [0.1, 0.15) is 0 Å². The van der Waals surface area contributed by atoms with Gasteiger partial charge in [0, 0.05) is 0 Å². The number of hydrogen-bond acceptors (Lipinski definition) is 2. The van der Waals surface area contributed by atoms with Crippen molar-refractivity contribution in [3.8, 4) is 0 Å². The van der Waals surface area contributed by atoms with Crippen LogP contribution in [-0.2, 0) is 0 Å². The molecule has 0 spiro atoms. The van der Waals surface area contributed by atoms with Crippen molar-refractivity contribution in [2.45, 2.75) is 24.6 Å². The molecule has 0 aromatic rings. The van der Waals surface area contributed by atoms with Gasteiger partial charge in [-0.05, 0) is 0 Å². The molecular formula is C5H2F10O2. The van der Waals surface area contributed by atoms with Crippen molar-refractivity contribution in [2.75, 3.05) is 0 Å². The molecule has 12 heteroatoms. The van der Waals surface area contributed by atoms with Crippen molar-refractivity contribution in [1.29, 1.82) is 0 Å². The molecule has 2 nitrogen and oxygen atoms in total. The zero-order valence-electron chi connectivity index (χ0n) is 7.17. The van der Waals surface area contributed by atoms with E-state index in [0.717, 1.165) is 0 Å². The van der Waals surface area contributed by atoms with E-state index in [-0.39, 0.29) is 0 Å². The third kappa shape index (κ3) is 2.14. The van der Waals surface area contributed by atoms with E-state index in [1.54, 1.807) is 0 Å². The SMILES string of the molecule is OC(F)(F)C(C(O)(F)F)(C(F)(F)F)C(F)(F)F. The Morgan fingerprint density at radius 3 is 0.647 bits per heavy atom. The molecule has 0 rings (SSSR count). The number of rotatable bonds is 2. The molecule has 0 unspecified atom stereocenters. The van der Waals surface area contributed by atoms with E-state index in [4.69, 9.17) is 10.2 Å². The van der Waals surface area contributed by atoms with E-state index in [1.807, 2.05) is 0 Å². The largest absolute Gasteiger partial charge is 0.420 e. The maximum Gasteiger partial charge on any atom is 0.420 e. The highest BCUT2D eigenvalue weighted by atomic mass is 19.4. The summed E-state index contributed by atoms with van der Waals surface area (Å²) in [4.78, 5) is 0. The van der Waals surface area contributed by atoms with Crippen molar-refractivity contribution in [1.82, 2.24) is 0 Å². The number of halogens is 10. The lowest BCUT2D eigenvalue weighted by Crippen LogP contribution is -2.70. The van der Waals surface area contributed by atoms with Crippen LogP contribution in [0.5, 0.6) is 0 Å². The predicted molar refractivity (Wildman–Crippen MR) is 28.9 cm³/mol. The maximum atomic E-state index is 12.0. The summed E-state index contributed by atoms with van der Waals surface area (Å²) in [5.41, 5.74) is -7.31. The molecule has 2 N–H and O–H groups in total. The van der Waals surface area contributed by atoms with Crippen LogP contribution in [0.1, 0.15) is 0 Å². The van der Waals surface area contributed by atoms with E-state index in [2.05, 4.69) is 0 Å². The quantitative estimate of drug-likeness (QED) is 0.764. The van der Waals surface area contributed by atoms with E-state index in [1.165, 1.54) is 0 Å². The first-order chi connectivity index (χ1) is 7.00. The molecule has 0 radical (unpaired) electrons. The molecule has 0 fully saturated rings. The van der Waals surface area contributed by atoms with E-state index >= 15 is 0 Å². The minimum absolute atomic E-state index is 6.98. The standard InChI is InChI=1S/C5H2F10O2/c6-2(7,8)1(3(9,10)11,4(12,13)16)5(14,15)17/h16-17H. The van der Waals surface area contributed by atoms with Crippen LogP contribution < -0.4 is 0 Å². The lowest BCUT2D eigenvalue weighted by molar-refractivity contribution is -0.522. The highest BCUT2D eigenvalue weighted by molar-refractivity contribution is 5.04. The molecule has 17 heavy (non-hydrogen) atoms. The fraction of sp³-hybridized carbons (Fsp3) is 1.00. The molecule has 0 aliphatic heterocycles. The Hall–Kier alpha value is -0.780. The van der Waals surface area contributed by atoms with Crippen LogP contribution in [0, 0.1) is 5.41 Å². The smallest absolute Gasteiger partial charge is 0.335 e. The third-order valence-electron chi connectivity index (χ3n) is 1.75. The Bertz CT molecular complexity index is 216. The number of alkyl halides is 10. The zero-order chi connectivity index (χ0) is 14.5. The van der Waals surface area contributed by atoms with Gasteiger partial charge in [-0.3, -0.25) is 0 Å². The summed E-state index contributed by atoms with van der Waals surface area (Å²) in [7, 11) is 0. The van der Waals surface area contributed by atoms with Gasteiger partial charge in [0.25, 0.3) is 0 Å². The Labute approximate surface area is 85.4 Å². The maximum absolute atomic E-state index is 12.0. The highest BCUT2D eigenvalue weighted by Gasteiger charge is 2.93. The first-order valence-corrected chi connectivity index (χ1v) is 3.34. The van der Waals surface area contributed by atoms with Gasteiger partial charge >= 0.3 is 30.0 Å². The van der Waals surface area contributed by atoms with Crippen molar-refractivity contribution >= 4 is 0 Å². The topological polar surface area (TPSA) is 40.5 Å². The summed E-state index contributed by atoms with van der Waals surface area (Å²) in [6.07, 6.45) is -28.7. The molecule has 0 bridgehead atoms.